The molecule has 1 rings (SSSR count). The van der Waals surface area contributed by atoms with Crippen LogP contribution < -0.4 is 0 Å². The number of rotatable bonds is 0. The fourth-order valence-electron chi connectivity index (χ4n) is 0.983. The molecule has 0 radical (unpaired) electrons. The minimum atomic E-state index is -0.222. The van der Waals surface area contributed by atoms with Gasteiger partial charge in [-0.1, -0.05) is 20.8 Å². The van der Waals surface area contributed by atoms with E-state index in [1.165, 1.54) is 6.20 Å². The third-order valence-corrected chi connectivity index (χ3v) is 1.58. The van der Waals surface area contributed by atoms with Crippen LogP contribution in [0.5, 0.6) is 0 Å². The SMILES string of the molecule is CC(C)(C)c1ccncc1F. The van der Waals surface area contributed by atoms with E-state index >= 15 is 0 Å². The molecule has 1 aromatic heterocycles. The maximum atomic E-state index is 13.0. The number of halogens is 1. The van der Waals surface area contributed by atoms with Crippen LogP contribution in [0.3, 0.4) is 0 Å². The molecule has 0 unspecified atom stereocenters. The summed E-state index contributed by atoms with van der Waals surface area (Å²) in [5.74, 6) is -0.222. The number of nitrogens with zero attached hydrogens (tertiary/aromatic N) is 1. The Bertz CT molecular complexity index is 250. The quantitative estimate of drug-likeness (QED) is 0.558. The molecule has 0 spiro atoms. The van der Waals surface area contributed by atoms with E-state index in [1.807, 2.05) is 20.8 Å². The van der Waals surface area contributed by atoms with Crippen molar-refractivity contribution in [3.05, 3.63) is 29.8 Å². The fourth-order valence-corrected chi connectivity index (χ4v) is 0.983. The van der Waals surface area contributed by atoms with Crippen molar-refractivity contribution >= 4 is 0 Å². The molecular weight excluding hydrogens is 141 g/mol. The lowest BCUT2D eigenvalue weighted by molar-refractivity contribution is 0.519. The summed E-state index contributed by atoms with van der Waals surface area (Å²) in [6.07, 6.45) is 2.87. The van der Waals surface area contributed by atoms with Crippen LogP contribution in [0.1, 0.15) is 26.3 Å². The van der Waals surface area contributed by atoms with Crippen LogP contribution in [-0.4, -0.2) is 4.98 Å². The molecule has 0 aliphatic carbocycles. The molecule has 0 saturated carbocycles. The molecule has 1 heterocycles. The van der Waals surface area contributed by atoms with E-state index in [9.17, 15) is 4.39 Å². The second-order valence-electron chi connectivity index (χ2n) is 3.61. The molecule has 0 aliphatic heterocycles. The summed E-state index contributed by atoms with van der Waals surface area (Å²) in [4.78, 5) is 3.68. The summed E-state index contributed by atoms with van der Waals surface area (Å²) in [7, 11) is 0. The van der Waals surface area contributed by atoms with Crippen molar-refractivity contribution in [3.63, 3.8) is 0 Å². The highest BCUT2D eigenvalue weighted by Crippen LogP contribution is 2.23. The van der Waals surface area contributed by atoms with Crippen LogP contribution >= 0.6 is 0 Å². The van der Waals surface area contributed by atoms with Gasteiger partial charge in [0.15, 0.2) is 0 Å². The lowest BCUT2D eigenvalue weighted by atomic mass is 9.87. The Hall–Kier alpha value is -0.920. The van der Waals surface area contributed by atoms with Gasteiger partial charge in [0.2, 0.25) is 0 Å². The largest absolute Gasteiger partial charge is 0.262 e. The van der Waals surface area contributed by atoms with Crippen molar-refractivity contribution in [3.8, 4) is 0 Å². The van der Waals surface area contributed by atoms with Crippen LogP contribution in [0, 0.1) is 5.82 Å². The molecule has 0 N–H and O–H groups in total. The molecule has 0 aliphatic rings. The average Bonchev–Trinajstić information content (AvgIpc) is 1.86. The summed E-state index contributed by atoms with van der Waals surface area (Å²) in [6, 6.07) is 1.72. The predicted octanol–water partition coefficient (Wildman–Crippen LogP) is 2.52. The second kappa shape index (κ2) is 2.61. The molecule has 0 saturated heterocycles. The minimum Gasteiger partial charge on any atom is -0.262 e. The molecule has 0 aromatic carbocycles. The monoisotopic (exact) mass is 153 g/mol. The summed E-state index contributed by atoms with van der Waals surface area (Å²) < 4.78 is 13.0. The summed E-state index contributed by atoms with van der Waals surface area (Å²) in [5.41, 5.74) is 0.583. The lowest BCUT2D eigenvalue weighted by Crippen LogP contribution is -2.13. The minimum absolute atomic E-state index is 0.132. The van der Waals surface area contributed by atoms with E-state index in [-0.39, 0.29) is 11.2 Å². The molecule has 0 bridgehead atoms. The van der Waals surface area contributed by atoms with Gasteiger partial charge in [0, 0.05) is 6.20 Å². The second-order valence-corrected chi connectivity index (χ2v) is 3.61. The first kappa shape index (κ1) is 8.18. The number of hydrogen-bond donors (Lipinski definition) is 0. The molecule has 1 nitrogen and oxygen atoms in total. The van der Waals surface area contributed by atoms with Gasteiger partial charge in [-0.3, -0.25) is 4.98 Å². The van der Waals surface area contributed by atoms with Gasteiger partial charge in [-0.05, 0) is 17.0 Å². The van der Waals surface area contributed by atoms with Crippen molar-refractivity contribution in [2.75, 3.05) is 0 Å². The molecular formula is C9H12FN. The van der Waals surface area contributed by atoms with Crippen molar-refractivity contribution in [1.29, 1.82) is 0 Å². The van der Waals surface area contributed by atoms with Gasteiger partial charge < -0.3 is 0 Å². The first-order valence-electron chi connectivity index (χ1n) is 3.62. The zero-order valence-electron chi connectivity index (χ0n) is 7.06. The molecule has 2 heteroatoms. The van der Waals surface area contributed by atoms with E-state index in [0.29, 0.717) is 5.56 Å². The number of aromatic nitrogens is 1. The van der Waals surface area contributed by atoms with Crippen LogP contribution in [0.2, 0.25) is 0 Å². The maximum Gasteiger partial charge on any atom is 0.145 e. The molecule has 0 amide bonds. The smallest absolute Gasteiger partial charge is 0.145 e. The maximum absolute atomic E-state index is 13.0. The van der Waals surface area contributed by atoms with Gasteiger partial charge in [0.1, 0.15) is 5.82 Å². The highest BCUT2D eigenvalue weighted by atomic mass is 19.1. The average molecular weight is 153 g/mol. The van der Waals surface area contributed by atoms with Crippen LogP contribution in [-0.2, 0) is 5.41 Å². The normalized spacial score (nSPS) is 11.6. The van der Waals surface area contributed by atoms with E-state index in [1.54, 1.807) is 12.3 Å². The fraction of sp³-hybridized carbons (Fsp3) is 0.444. The van der Waals surface area contributed by atoms with E-state index < -0.39 is 0 Å². The summed E-state index contributed by atoms with van der Waals surface area (Å²) in [6.45, 7) is 5.93. The van der Waals surface area contributed by atoms with Gasteiger partial charge in [0.25, 0.3) is 0 Å². The van der Waals surface area contributed by atoms with Crippen LogP contribution in [0.15, 0.2) is 18.5 Å². The molecule has 11 heavy (non-hydrogen) atoms. The number of pyridine rings is 1. The topological polar surface area (TPSA) is 12.9 Å². The highest BCUT2D eigenvalue weighted by molar-refractivity contribution is 5.20. The van der Waals surface area contributed by atoms with Crippen molar-refractivity contribution < 1.29 is 4.39 Å². The Morgan fingerprint density at radius 1 is 1.36 bits per heavy atom. The lowest BCUT2D eigenvalue weighted by Gasteiger charge is -2.18. The third-order valence-electron chi connectivity index (χ3n) is 1.58. The highest BCUT2D eigenvalue weighted by Gasteiger charge is 2.17. The van der Waals surface area contributed by atoms with Crippen molar-refractivity contribution in [2.45, 2.75) is 26.2 Å². The first-order chi connectivity index (χ1) is 5.02. The number of hydrogen-bond acceptors (Lipinski definition) is 1. The standard InChI is InChI=1S/C9H12FN/c1-9(2,3)7-4-5-11-6-8(7)10/h4-6H,1-3H3. The Balaban J connectivity index is 3.14. The van der Waals surface area contributed by atoms with Crippen molar-refractivity contribution in [1.82, 2.24) is 4.98 Å². The zero-order chi connectivity index (χ0) is 8.48. The van der Waals surface area contributed by atoms with Gasteiger partial charge in [-0.15, -0.1) is 0 Å². The molecule has 0 fully saturated rings. The van der Waals surface area contributed by atoms with Crippen molar-refractivity contribution in [2.24, 2.45) is 0 Å². The van der Waals surface area contributed by atoms with Gasteiger partial charge >= 0.3 is 0 Å². The molecule has 1 aromatic rings. The third kappa shape index (κ3) is 1.76. The van der Waals surface area contributed by atoms with Gasteiger partial charge in [-0.25, -0.2) is 4.39 Å². The van der Waals surface area contributed by atoms with Gasteiger partial charge in [-0.2, -0.15) is 0 Å². The summed E-state index contributed by atoms with van der Waals surface area (Å²) in [5, 5.41) is 0. The molecule has 0 atom stereocenters. The zero-order valence-corrected chi connectivity index (χ0v) is 7.06. The van der Waals surface area contributed by atoms with Crippen LogP contribution in [0.4, 0.5) is 4.39 Å². The summed E-state index contributed by atoms with van der Waals surface area (Å²) >= 11 is 0. The molecule has 60 valence electrons. The predicted molar refractivity (Wildman–Crippen MR) is 42.9 cm³/mol. The van der Waals surface area contributed by atoms with Crippen LogP contribution in [0.25, 0.3) is 0 Å². The Kier molecular flexibility index (Phi) is 1.94. The van der Waals surface area contributed by atoms with E-state index in [4.69, 9.17) is 0 Å². The Morgan fingerprint density at radius 2 is 2.00 bits per heavy atom. The van der Waals surface area contributed by atoms with Gasteiger partial charge in [0.05, 0.1) is 6.20 Å². The Morgan fingerprint density at radius 3 is 2.36 bits per heavy atom. The Labute approximate surface area is 66.3 Å². The van der Waals surface area contributed by atoms with E-state index in [2.05, 4.69) is 4.98 Å². The first-order valence-corrected chi connectivity index (χ1v) is 3.62. The van der Waals surface area contributed by atoms with E-state index in [0.717, 1.165) is 0 Å².